The maximum Gasteiger partial charge on any atom is 0.194 e. The summed E-state index contributed by atoms with van der Waals surface area (Å²) in [6.45, 7) is 9.96. The van der Waals surface area contributed by atoms with Crippen molar-refractivity contribution < 1.29 is 0 Å². The number of hydrogen-bond acceptors (Lipinski definition) is 4. The average Bonchev–Trinajstić information content (AvgIpc) is 2.80. The molecule has 4 nitrogen and oxygen atoms in total. The topological polar surface area (TPSA) is 39.7 Å². The van der Waals surface area contributed by atoms with Gasteiger partial charge in [0.25, 0.3) is 0 Å². The fraction of sp³-hybridized carbons (Fsp3) is 0.917. The molecule has 0 saturated carbocycles. The van der Waals surface area contributed by atoms with Gasteiger partial charge < -0.3 is 15.5 Å². The number of nitrogens with one attached hydrogen (secondary N) is 2. The number of nitrogens with zero attached hydrogens (tertiary/aromatic N) is 2. The van der Waals surface area contributed by atoms with Gasteiger partial charge in [-0.1, -0.05) is 0 Å². The molecule has 0 aromatic rings. The maximum atomic E-state index is 4.54. The lowest BCUT2D eigenvalue weighted by Crippen LogP contribution is -2.46. The first-order valence-corrected chi connectivity index (χ1v) is 6.53. The zero-order valence-corrected chi connectivity index (χ0v) is 10.5. The number of piperidine rings is 1. The van der Waals surface area contributed by atoms with E-state index in [0.29, 0.717) is 6.04 Å². The van der Waals surface area contributed by atoms with E-state index in [-0.39, 0.29) is 0 Å². The van der Waals surface area contributed by atoms with E-state index in [9.17, 15) is 0 Å². The molecule has 1 saturated heterocycles. The lowest BCUT2D eigenvalue weighted by Gasteiger charge is -2.34. The Hall–Kier alpha value is -0.770. The monoisotopic (exact) mass is 224 g/mol. The summed E-state index contributed by atoms with van der Waals surface area (Å²) in [6.07, 6.45) is 2.60. The lowest BCUT2D eigenvalue weighted by atomic mass is 9.97. The van der Waals surface area contributed by atoms with E-state index in [1.807, 2.05) is 0 Å². The summed E-state index contributed by atoms with van der Waals surface area (Å²) in [7, 11) is 0. The Labute approximate surface area is 98.5 Å². The highest BCUT2D eigenvalue weighted by atomic mass is 15.3. The van der Waals surface area contributed by atoms with E-state index < -0.39 is 0 Å². The van der Waals surface area contributed by atoms with E-state index in [0.717, 1.165) is 31.5 Å². The van der Waals surface area contributed by atoms with Crippen LogP contribution in [0.1, 0.15) is 26.7 Å². The molecule has 92 valence electrons. The van der Waals surface area contributed by atoms with Crippen LogP contribution < -0.4 is 10.6 Å². The molecule has 2 heterocycles. The molecule has 0 atom stereocenters. The van der Waals surface area contributed by atoms with Gasteiger partial charge in [-0.05, 0) is 45.7 Å². The molecule has 0 spiro atoms. The number of hydrogen-bond donors (Lipinski definition) is 2. The van der Waals surface area contributed by atoms with Crippen molar-refractivity contribution in [3.8, 4) is 0 Å². The summed E-state index contributed by atoms with van der Waals surface area (Å²) in [5, 5.41) is 6.81. The van der Waals surface area contributed by atoms with E-state index in [1.54, 1.807) is 0 Å². The molecule has 0 radical (unpaired) electrons. The Kier molecular flexibility index (Phi) is 4.04. The van der Waals surface area contributed by atoms with Gasteiger partial charge >= 0.3 is 0 Å². The molecule has 16 heavy (non-hydrogen) atoms. The second-order valence-electron chi connectivity index (χ2n) is 5.07. The number of guanidine groups is 1. The van der Waals surface area contributed by atoms with Crippen LogP contribution in [0.15, 0.2) is 4.99 Å². The van der Waals surface area contributed by atoms with E-state index in [1.165, 1.54) is 25.9 Å². The summed E-state index contributed by atoms with van der Waals surface area (Å²) in [4.78, 5) is 6.97. The highest BCUT2D eigenvalue weighted by Gasteiger charge is 2.22. The van der Waals surface area contributed by atoms with Crippen LogP contribution in [0.4, 0.5) is 0 Å². The first kappa shape index (κ1) is 11.7. The Morgan fingerprint density at radius 1 is 1.31 bits per heavy atom. The molecule has 0 bridgehead atoms. The minimum absolute atomic E-state index is 0.541. The van der Waals surface area contributed by atoms with Crippen LogP contribution in [0.5, 0.6) is 0 Å². The standard InChI is InChI=1S/C12H24N4/c1-10(2)16(12-14-7-8-15-12)9-11-3-5-13-6-4-11/h10-11,13H,3-9H2,1-2H3,(H,14,15). The average molecular weight is 224 g/mol. The van der Waals surface area contributed by atoms with Crippen molar-refractivity contribution in [2.75, 3.05) is 32.7 Å². The minimum atomic E-state index is 0.541. The molecule has 0 aliphatic carbocycles. The van der Waals surface area contributed by atoms with Gasteiger partial charge in [-0.15, -0.1) is 0 Å². The van der Waals surface area contributed by atoms with Gasteiger partial charge in [0.05, 0.1) is 6.54 Å². The SMILES string of the molecule is CC(C)N(CC1CCNCC1)C1=NCCN1. The lowest BCUT2D eigenvalue weighted by molar-refractivity contribution is 0.248. The molecule has 0 unspecified atom stereocenters. The van der Waals surface area contributed by atoms with Crippen molar-refractivity contribution in [3.05, 3.63) is 0 Å². The molecular formula is C12H24N4. The molecule has 2 N–H and O–H groups in total. The van der Waals surface area contributed by atoms with Gasteiger partial charge in [0.15, 0.2) is 5.96 Å². The van der Waals surface area contributed by atoms with Crippen molar-refractivity contribution in [1.82, 2.24) is 15.5 Å². The second kappa shape index (κ2) is 5.53. The van der Waals surface area contributed by atoms with Crippen molar-refractivity contribution in [2.45, 2.75) is 32.7 Å². The third-order valence-corrected chi connectivity index (χ3v) is 3.47. The predicted molar refractivity (Wildman–Crippen MR) is 67.7 cm³/mol. The molecule has 0 aromatic carbocycles. The summed E-state index contributed by atoms with van der Waals surface area (Å²) in [5.74, 6) is 1.95. The summed E-state index contributed by atoms with van der Waals surface area (Å²) < 4.78 is 0. The van der Waals surface area contributed by atoms with Crippen molar-refractivity contribution in [2.24, 2.45) is 10.9 Å². The van der Waals surface area contributed by atoms with Gasteiger partial charge in [-0.3, -0.25) is 4.99 Å². The molecule has 2 aliphatic rings. The Morgan fingerprint density at radius 2 is 2.06 bits per heavy atom. The summed E-state index contributed by atoms with van der Waals surface area (Å²) in [6, 6.07) is 0.541. The van der Waals surface area contributed by atoms with Gasteiger partial charge in [0.1, 0.15) is 0 Å². The quantitative estimate of drug-likeness (QED) is 0.739. The first-order valence-electron chi connectivity index (χ1n) is 6.53. The van der Waals surface area contributed by atoms with Crippen LogP contribution in [-0.2, 0) is 0 Å². The van der Waals surface area contributed by atoms with E-state index in [4.69, 9.17) is 0 Å². The van der Waals surface area contributed by atoms with Gasteiger partial charge in [0.2, 0.25) is 0 Å². The van der Waals surface area contributed by atoms with Crippen LogP contribution in [0.3, 0.4) is 0 Å². The molecular weight excluding hydrogens is 200 g/mol. The Bertz CT molecular complexity index is 243. The van der Waals surface area contributed by atoms with Crippen LogP contribution in [0, 0.1) is 5.92 Å². The van der Waals surface area contributed by atoms with Gasteiger partial charge in [-0.25, -0.2) is 0 Å². The number of rotatable bonds is 3. The largest absolute Gasteiger partial charge is 0.354 e. The normalized spacial score (nSPS) is 22.1. The van der Waals surface area contributed by atoms with Crippen molar-refractivity contribution >= 4 is 5.96 Å². The smallest absolute Gasteiger partial charge is 0.194 e. The third kappa shape index (κ3) is 2.88. The second-order valence-corrected chi connectivity index (χ2v) is 5.07. The molecule has 0 amide bonds. The van der Waals surface area contributed by atoms with Crippen LogP contribution in [0.25, 0.3) is 0 Å². The van der Waals surface area contributed by atoms with Crippen molar-refractivity contribution in [1.29, 1.82) is 0 Å². The number of aliphatic imine (C=N–C) groups is 1. The molecule has 2 rings (SSSR count). The van der Waals surface area contributed by atoms with Crippen LogP contribution in [0.2, 0.25) is 0 Å². The first-order chi connectivity index (χ1) is 7.77. The highest BCUT2D eigenvalue weighted by Crippen LogP contribution is 2.15. The predicted octanol–water partition coefficient (Wildman–Crippen LogP) is 0.656. The summed E-state index contributed by atoms with van der Waals surface area (Å²) >= 11 is 0. The zero-order chi connectivity index (χ0) is 11.4. The molecule has 1 fully saturated rings. The van der Waals surface area contributed by atoms with Gasteiger partial charge in [-0.2, -0.15) is 0 Å². The van der Waals surface area contributed by atoms with Gasteiger partial charge in [0, 0.05) is 19.1 Å². The zero-order valence-electron chi connectivity index (χ0n) is 10.5. The maximum absolute atomic E-state index is 4.54. The van der Waals surface area contributed by atoms with E-state index >= 15 is 0 Å². The Balaban J connectivity index is 1.91. The molecule has 4 heteroatoms. The van der Waals surface area contributed by atoms with Crippen LogP contribution in [-0.4, -0.2) is 49.6 Å². The minimum Gasteiger partial charge on any atom is -0.354 e. The van der Waals surface area contributed by atoms with Crippen molar-refractivity contribution in [3.63, 3.8) is 0 Å². The molecule has 2 aliphatic heterocycles. The van der Waals surface area contributed by atoms with E-state index in [2.05, 4.69) is 34.4 Å². The van der Waals surface area contributed by atoms with Crippen LogP contribution >= 0.6 is 0 Å². The fourth-order valence-electron chi connectivity index (χ4n) is 2.46. The fourth-order valence-corrected chi connectivity index (χ4v) is 2.46. The highest BCUT2D eigenvalue weighted by molar-refractivity contribution is 5.81. The third-order valence-electron chi connectivity index (χ3n) is 3.47. The summed E-state index contributed by atoms with van der Waals surface area (Å²) in [5.41, 5.74) is 0. The Morgan fingerprint density at radius 3 is 2.62 bits per heavy atom. The molecule has 0 aromatic heterocycles.